The van der Waals surface area contributed by atoms with E-state index in [1.165, 1.54) is 34.8 Å². The van der Waals surface area contributed by atoms with Crippen LogP contribution in [0.2, 0.25) is 5.02 Å². The molecule has 2 heterocycles. The number of anilines is 1. The van der Waals surface area contributed by atoms with E-state index < -0.39 is 5.97 Å². The van der Waals surface area contributed by atoms with Crippen LogP contribution < -0.4 is 5.32 Å². The number of thiocarbonyl (C=S) groups is 1. The van der Waals surface area contributed by atoms with E-state index in [0.717, 1.165) is 48.5 Å². The SMILES string of the molecule is COC(=O)c1sc2cc(NC(=S)N3CCN(Cc4cccc5ccccc45)CC3)ccc2c1Cl. The third kappa shape index (κ3) is 4.61. The largest absolute Gasteiger partial charge is 0.465 e. The summed E-state index contributed by atoms with van der Waals surface area (Å²) in [5, 5.41) is 7.94. The van der Waals surface area contributed by atoms with E-state index in [2.05, 4.69) is 57.6 Å². The number of rotatable bonds is 4. The number of hydrogen-bond donors (Lipinski definition) is 1. The van der Waals surface area contributed by atoms with E-state index in [4.69, 9.17) is 28.6 Å². The fraction of sp³-hybridized carbons (Fsp3) is 0.231. The van der Waals surface area contributed by atoms with E-state index in [0.29, 0.717) is 15.0 Å². The van der Waals surface area contributed by atoms with Crippen LogP contribution in [0.5, 0.6) is 0 Å². The number of fused-ring (bicyclic) bond motifs is 2. The van der Waals surface area contributed by atoms with Gasteiger partial charge < -0.3 is 15.0 Å². The molecule has 0 unspecified atom stereocenters. The Morgan fingerprint density at radius 3 is 2.62 bits per heavy atom. The molecule has 1 aromatic heterocycles. The predicted octanol–water partition coefficient (Wildman–Crippen LogP) is 6.01. The fourth-order valence-electron chi connectivity index (χ4n) is 4.35. The number of esters is 1. The van der Waals surface area contributed by atoms with Gasteiger partial charge in [-0.05, 0) is 46.8 Å². The molecule has 5 nitrogen and oxygen atoms in total. The van der Waals surface area contributed by atoms with Crippen LogP contribution in [-0.2, 0) is 11.3 Å². The molecular weight excluding hydrogens is 486 g/mol. The van der Waals surface area contributed by atoms with Gasteiger partial charge in [-0.15, -0.1) is 11.3 Å². The maximum atomic E-state index is 11.9. The minimum atomic E-state index is -0.419. The summed E-state index contributed by atoms with van der Waals surface area (Å²) in [5.41, 5.74) is 2.24. The molecular formula is C26H24ClN3O2S2. The van der Waals surface area contributed by atoms with Gasteiger partial charge in [-0.3, -0.25) is 4.90 Å². The van der Waals surface area contributed by atoms with Crippen molar-refractivity contribution in [2.75, 3.05) is 38.6 Å². The third-order valence-corrected chi connectivity index (χ3v) is 8.18. The molecule has 0 radical (unpaired) electrons. The number of nitrogens with zero attached hydrogens (tertiary/aromatic N) is 2. The summed E-state index contributed by atoms with van der Waals surface area (Å²) in [6, 6.07) is 20.9. The van der Waals surface area contributed by atoms with Crippen LogP contribution in [-0.4, -0.2) is 54.2 Å². The van der Waals surface area contributed by atoms with Crippen molar-refractivity contribution in [3.8, 4) is 0 Å². The van der Waals surface area contributed by atoms with Crippen molar-refractivity contribution < 1.29 is 9.53 Å². The summed E-state index contributed by atoms with van der Waals surface area (Å²) >= 11 is 13.4. The molecule has 8 heteroatoms. The lowest BCUT2D eigenvalue weighted by atomic mass is 10.0. The van der Waals surface area contributed by atoms with Gasteiger partial charge in [-0.25, -0.2) is 4.79 Å². The molecule has 3 aromatic carbocycles. The Hall–Kier alpha value is -2.71. The quantitative estimate of drug-likeness (QED) is 0.268. The molecule has 0 spiro atoms. The van der Waals surface area contributed by atoms with Gasteiger partial charge in [0.1, 0.15) is 4.88 Å². The Morgan fingerprint density at radius 2 is 1.82 bits per heavy atom. The number of ether oxygens (including phenoxy) is 1. The summed E-state index contributed by atoms with van der Waals surface area (Å²) in [5.74, 6) is -0.419. The summed E-state index contributed by atoms with van der Waals surface area (Å²) in [6.45, 7) is 4.58. The number of carbonyl (C=O) groups excluding carboxylic acids is 1. The molecule has 4 aromatic rings. The van der Waals surface area contributed by atoms with Gasteiger partial charge >= 0.3 is 5.97 Å². The molecule has 1 saturated heterocycles. The van der Waals surface area contributed by atoms with Crippen molar-refractivity contribution in [1.29, 1.82) is 0 Å². The molecule has 174 valence electrons. The first-order chi connectivity index (χ1) is 16.5. The van der Waals surface area contributed by atoms with Crippen molar-refractivity contribution in [3.63, 3.8) is 0 Å². The minimum Gasteiger partial charge on any atom is -0.465 e. The Labute approximate surface area is 212 Å². The summed E-state index contributed by atoms with van der Waals surface area (Å²) in [6.07, 6.45) is 0. The molecule has 0 amide bonds. The van der Waals surface area contributed by atoms with Crippen LogP contribution in [0.1, 0.15) is 15.2 Å². The topological polar surface area (TPSA) is 44.8 Å². The zero-order valence-electron chi connectivity index (χ0n) is 18.7. The standard InChI is InChI=1S/C26H24ClN3O2S2/c1-32-25(31)24-23(27)21-10-9-19(15-22(21)34-24)28-26(33)30-13-11-29(12-14-30)16-18-7-4-6-17-5-2-3-8-20(17)18/h2-10,15H,11-14,16H2,1H3,(H,28,33). The molecule has 0 aliphatic carbocycles. The lowest BCUT2D eigenvalue weighted by Crippen LogP contribution is -2.49. The van der Waals surface area contributed by atoms with Gasteiger partial charge in [0.2, 0.25) is 0 Å². The highest BCUT2D eigenvalue weighted by atomic mass is 35.5. The highest BCUT2D eigenvalue weighted by molar-refractivity contribution is 7.80. The number of halogens is 1. The molecule has 0 saturated carbocycles. The predicted molar refractivity (Wildman–Crippen MR) is 145 cm³/mol. The van der Waals surface area contributed by atoms with E-state index >= 15 is 0 Å². The summed E-state index contributed by atoms with van der Waals surface area (Å²) in [7, 11) is 1.36. The number of methoxy groups -OCH3 is 1. The number of hydrogen-bond acceptors (Lipinski definition) is 5. The molecule has 1 fully saturated rings. The molecule has 0 bridgehead atoms. The van der Waals surface area contributed by atoms with Crippen molar-refractivity contribution in [2.45, 2.75) is 6.54 Å². The third-order valence-electron chi connectivity index (χ3n) is 6.18. The smallest absolute Gasteiger partial charge is 0.349 e. The maximum absolute atomic E-state index is 11.9. The van der Waals surface area contributed by atoms with Crippen LogP contribution in [0, 0.1) is 0 Å². The highest BCUT2D eigenvalue weighted by Gasteiger charge is 2.21. The van der Waals surface area contributed by atoms with Gasteiger partial charge in [0.15, 0.2) is 5.11 Å². The minimum absolute atomic E-state index is 0.418. The van der Waals surface area contributed by atoms with Crippen molar-refractivity contribution in [1.82, 2.24) is 9.80 Å². The van der Waals surface area contributed by atoms with Crippen LogP contribution in [0.4, 0.5) is 5.69 Å². The Morgan fingerprint density at radius 1 is 1.06 bits per heavy atom. The first kappa shape index (κ1) is 23.1. The molecule has 0 atom stereocenters. The highest BCUT2D eigenvalue weighted by Crippen LogP contribution is 2.37. The van der Waals surface area contributed by atoms with Crippen LogP contribution in [0.25, 0.3) is 20.9 Å². The van der Waals surface area contributed by atoms with Crippen LogP contribution in [0.15, 0.2) is 60.7 Å². The zero-order chi connectivity index (χ0) is 23.7. The molecule has 1 aliphatic rings. The van der Waals surface area contributed by atoms with Gasteiger partial charge in [0, 0.05) is 48.5 Å². The molecule has 5 rings (SSSR count). The van der Waals surface area contributed by atoms with Gasteiger partial charge in [-0.1, -0.05) is 54.1 Å². The van der Waals surface area contributed by atoms with Gasteiger partial charge in [-0.2, -0.15) is 0 Å². The average molecular weight is 510 g/mol. The van der Waals surface area contributed by atoms with Crippen molar-refractivity contribution >= 4 is 72.8 Å². The number of nitrogens with one attached hydrogen (secondary N) is 1. The van der Waals surface area contributed by atoms with E-state index in [-0.39, 0.29) is 0 Å². The molecule has 1 aliphatic heterocycles. The average Bonchev–Trinajstić information content (AvgIpc) is 3.20. The molecule has 1 N–H and O–H groups in total. The van der Waals surface area contributed by atoms with E-state index in [1.54, 1.807) is 0 Å². The van der Waals surface area contributed by atoms with Crippen molar-refractivity contribution in [2.24, 2.45) is 0 Å². The summed E-state index contributed by atoms with van der Waals surface area (Å²) in [4.78, 5) is 17.0. The maximum Gasteiger partial charge on any atom is 0.349 e. The first-order valence-electron chi connectivity index (χ1n) is 11.1. The fourth-order valence-corrected chi connectivity index (χ4v) is 6.12. The number of thiophene rings is 1. The second-order valence-corrected chi connectivity index (χ2v) is 10.1. The summed E-state index contributed by atoms with van der Waals surface area (Å²) < 4.78 is 5.74. The van der Waals surface area contributed by atoms with Gasteiger partial charge in [0.05, 0.1) is 12.1 Å². The monoisotopic (exact) mass is 509 g/mol. The van der Waals surface area contributed by atoms with Crippen LogP contribution >= 0.6 is 35.2 Å². The van der Waals surface area contributed by atoms with Crippen LogP contribution in [0.3, 0.4) is 0 Å². The molecule has 34 heavy (non-hydrogen) atoms. The number of benzene rings is 3. The Kier molecular flexibility index (Phi) is 6.70. The Balaban J connectivity index is 1.21. The first-order valence-corrected chi connectivity index (χ1v) is 12.7. The van der Waals surface area contributed by atoms with Crippen molar-refractivity contribution in [3.05, 3.63) is 76.1 Å². The zero-order valence-corrected chi connectivity index (χ0v) is 21.1. The Bertz CT molecular complexity index is 1370. The lowest BCUT2D eigenvalue weighted by Gasteiger charge is -2.36. The second-order valence-electron chi connectivity index (χ2n) is 8.28. The normalized spacial score (nSPS) is 14.5. The van der Waals surface area contributed by atoms with Gasteiger partial charge in [0.25, 0.3) is 0 Å². The number of carbonyl (C=O) groups is 1. The van der Waals surface area contributed by atoms with E-state index in [1.807, 2.05) is 18.2 Å². The second kappa shape index (κ2) is 9.88. The van der Waals surface area contributed by atoms with E-state index in [9.17, 15) is 4.79 Å². The number of piperazine rings is 1. The lowest BCUT2D eigenvalue weighted by molar-refractivity contribution is 0.0606.